The highest BCUT2D eigenvalue weighted by Crippen LogP contribution is 2.27. The molecule has 112 valence electrons. The van der Waals surface area contributed by atoms with Gasteiger partial charge in [0.25, 0.3) is 0 Å². The van der Waals surface area contributed by atoms with Crippen molar-refractivity contribution < 1.29 is 9.90 Å². The second-order valence-electron chi connectivity index (χ2n) is 5.46. The molecule has 0 aliphatic heterocycles. The summed E-state index contributed by atoms with van der Waals surface area (Å²) in [5.74, 6) is -0.857. The molecule has 1 aromatic heterocycles. The Labute approximate surface area is 128 Å². The number of carboxylic acid groups (broad SMARTS) is 1. The fourth-order valence-electron chi connectivity index (χ4n) is 2.08. The van der Waals surface area contributed by atoms with Crippen LogP contribution in [0.2, 0.25) is 0 Å². The van der Waals surface area contributed by atoms with Crippen molar-refractivity contribution in [3.8, 4) is 0 Å². The smallest absolute Gasteiger partial charge is 0.313 e. The first-order valence-electron chi connectivity index (χ1n) is 6.78. The first-order chi connectivity index (χ1) is 9.99. The zero-order chi connectivity index (χ0) is 15.3. The fourth-order valence-corrected chi connectivity index (χ4v) is 2.87. The van der Waals surface area contributed by atoms with Crippen LogP contribution >= 0.6 is 11.8 Å². The third-order valence-corrected chi connectivity index (χ3v) is 4.29. The van der Waals surface area contributed by atoms with Crippen LogP contribution in [0.15, 0.2) is 41.8 Å². The first-order valence-corrected chi connectivity index (χ1v) is 7.76. The Balaban J connectivity index is 2.05. The molecule has 0 spiro atoms. The van der Waals surface area contributed by atoms with Gasteiger partial charge in [-0.05, 0) is 32.3 Å². The predicted molar refractivity (Wildman–Crippen MR) is 82.5 cm³/mol. The second kappa shape index (κ2) is 6.76. The van der Waals surface area contributed by atoms with Gasteiger partial charge in [-0.3, -0.25) is 4.79 Å². The molecule has 0 amide bonds. The van der Waals surface area contributed by atoms with E-state index in [0.29, 0.717) is 5.16 Å². The number of nitrogens with zero attached hydrogens (tertiary/aromatic N) is 3. The highest BCUT2D eigenvalue weighted by atomic mass is 32.2. The summed E-state index contributed by atoms with van der Waals surface area (Å²) in [5, 5.41) is 17.4. The van der Waals surface area contributed by atoms with Gasteiger partial charge in [0.2, 0.25) is 0 Å². The number of thioether (sulfide) groups is 1. The van der Waals surface area contributed by atoms with Gasteiger partial charge < -0.3 is 9.67 Å². The molecule has 1 heterocycles. The Bertz CT molecular complexity index is 596. The minimum Gasteiger partial charge on any atom is -0.481 e. The lowest BCUT2D eigenvalue weighted by Crippen LogP contribution is -2.27. The maximum absolute atomic E-state index is 10.7. The van der Waals surface area contributed by atoms with Crippen LogP contribution in [0.5, 0.6) is 0 Å². The van der Waals surface area contributed by atoms with E-state index in [-0.39, 0.29) is 11.3 Å². The number of hydrogen-bond donors (Lipinski definition) is 1. The Kier molecular flexibility index (Phi) is 5.01. The van der Waals surface area contributed by atoms with Gasteiger partial charge in [-0.15, -0.1) is 10.2 Å². The SMILES string of the molecule is CC(C)(CCc1ccccc1)n1cnnc1SCC(=O)O. The van der Waals surface area contributed by atoms with Crippen LogP contribution in [0.4, 0.5) is 0 Å². The van der Waals surface area contributed by atoms with Crippen molar-refractivity contribution in [2.45, 2.75) is 37.4 Å². The quantitative estimate of drug-likeness (QED) is 0.797. The molecule has 21 heavy (non-hydrogen) atoms. The Morgan fingerprint density at radius 3 is 2.71 bits per heavy atom. The Morgan fingerprint density at radius 2 is 2.05 bits per heavy atom. The molecule has 1 N–H and O–H groups in total. The van der Waals surface area contributed by atoms with E-state index in [9.17, 15) is 4.79 Å². The maximum atomic E-state index is 10.7. The molecule has 1 aromatic carbocycles. The standard InChI is InChI=1S/C15H19N3O2S/c1-15(2,9-8-12-6-4-3-5-7-12)18-11-16-17-14(18)21-10-13(19)20/h3-7,11H,8-10H2,1-2H3,(H,19,20). The Hall–Kier alpha value is -1.82. The number of aromatic nitrogens is 3. The molecule has 0 radical (unpaired) electrons. The highest BCUT2D eigenvalue weighted by Gasteiger charge is 2.24. The second-order valence-corrected chi connectivity index (χ2v) is 6.41. The summed E-state index contributed by atoms with van der Waals surface area (Å²) in [6.07, 6.45) is 3.56. The third kappa shape index (κ3) is 4.32. The molecule has 0 unspecified atom stereocenters. The number of carboxylic acids is 1. The molecule has 0 aliphatic carbocycles. The lowest BCUT2D eigenvalue weighted by Gasteiger charge is -2.27. The van der Waals surface area contributed by atoms with Crippen molar-refractivity contribution in [3.05, 3.63) is 42.2 Å². The van der Waals surface area contributed by atoms with E-state index in [4.69, 9.17) is 5.11 Å². The summed E-state index contributed by atoms with van der Waals surface area (Å²) < 4.78 is 1.96. The van der Waals surface area contributed by atoms with Crippen molar-refractivity contribution in [1.29, 1.82) is 0 Å². The molecule has 2 rings (SSSR count). The van der Waals surface area contributed by atoms with Gasteiger partial charge >= 0.3 is 5.97 Å². The topological polar surface area (TPSA) is 68.0 Å². The average Bonchev–Trinajstić information content (AvgIpc) is 2.93. The van der Waals surface area contributed by atoms with Gasteiger partial charge in [-0.25, -0.2) is 0 Å². The van der Waals surface area contributed by atoms with Gasteiger partial charge in [-0.1, -0.05) is 42.1 Å². The number of aryl methyl sites for hydroxylation is 1. The normalized spacial score (nSPS) is 11.5. The van der Waals surface area contributed by atoms with Gasteiger partial charge in [-0.2, -0.15) is 0 Å². The van der Waals surface area contributed by atoms with Gasteiger partial charge in [0.1, 0.15) is 6.33 Å². The molecule has 0 saturated carbocycles. The van der Waals surface area contributed by atoms with Crippen LogP contribution in [-0.4, -0.2) is 31.6 Å². The summed E-state index contributed by atoms with van der Waals surface area (Å²) in [6, 6.07) is 10.3. The van der Waals surface area contributed by atoms with Crippen LogP contribution in [0.3, 0.4) is 0 Å². The molecule has 0 bridgehead atoms. The molecular weight excluding hydrogens is 286 g/mol. The van der Waals surface area contributed by atoms with Gasteiger partial charge in [0, 0.05) is 5.54 Å². The Morgan fingerprint density at radius 1 is 1.33 bits per heavy atom. The molecule has 0 saturated heterocycles. The molecule has 6 heteroatoms. The fraction of sp³-hybridized carbons (Fsp3) is 0.400. The van der Waals surface area contributed by atoms with Crippen molar-refractivity contribution in [2.75, 3.05) is 5.75 Å². The first kappa shape index (κ1) is 15.6. The monoisotopic (exact) mass is 305 g/mol. The number of rotatable bonds is 7. The summed E-state index contributed by atoms with van der Waals surface area (Å²) in [6.45, 7) is 4.23. The number of benzene rings is 1. The summed E-state index contributed by atoms with van der Waals surface area (Å²) in [7, 11) is 0. The molecule has 0 aliphatic rings. The number of hydrogen-bond acceptors (Lipinski definition) is 4. The lowest BCUT2D eigenvalue weighted by atomic mass is 9.95. The summed E-state index contributed by atoms with van der Waals surface area (Å²) >= 11 is 1.20. The molecule has 2 aromatic rings. The van der Waals surface area contributed by atoms with Crippen molar-refractivity contribution in [3.63, 3.8) is 0 Å². The van der Waals surface area contributed by atoms with Crippen LogP contribution in [0.25, 0.3) is 0 Å². The zero-order valence-corrected chi connectivity index (χ0v) is 13.0. The van der Waals surface area contributed by atoms with Crippen molar-refractivity contribution in [1.82, 2.24) is 14.8 Å². The predicted octanol–water partition coefficient (Wildman–Crippen LogP) is 2.82. The largest absolute Gasteiger partial charge is 0.481 e. The van der Waals surface area contributed by atoms with Crippen LogP contribution in [-0.2, 0) is 16.8 Å². The van der Waals surface area contributed by atoms with Crippen molar-refractivity contribution >= 4 is 17.7 Å². The molecular formula is C15H19N3O2S. The van der Waals surface area contributed by atoms with E-state index in [0.717, 1.165) is 12.8 Å². The average molecular weight is 305 g/mol. The zero-order valence-electron chi connectivity index (χ0n) is 12.2. The van der Waals surface area contributed by atoms with E-state index in [2.05, 4.69) is 36.2 Å². The van der Waals surface area contributed by atoms with Crippen LogP contribution < -0.4 is 0 Å². The minimum absolute atomic E-state index is 0.00649. The summed E-state index contributed by atoms with van der Waals surface area (Å²) in [5.41, 5.74) is 1.12. The van der Waals surface area contributed by atoms with Crippen LogP contribution in [0, 0.1) is 0 Å². The highest BCUT2D eigenvalue weighted by molar-refractivity contribution is 7.99. The van der Waals surface area contributed by atoms with Crippen molar-refractivity contribution in [2.24, 2.45) is 0 Å². The molecule has 0 fully saturated rings. The van der Waals surface area contributed by atoms with E-state index < -0.39 is 5.97 Å². The molecule has 5 nitrogen and oxygen atoms in total. The van der Waals surface area contributed by atoms with E-state index in [1.165, 1.54) is 17.3 Å². The summed E-state index contributed by atoms with van der Waals surface area (Å²) in [4.78, 5) is 10.7. The van der Waals surface area contributed by atoms with Gasteiger partial charge in [0.05, 0.1) is 5.75 Å². The van der Waals surface area contributed by atoms with Crippen LogP contribution in [0.1, 0.15) is 25.8 Å². The number of carbonyl (C=O) groups is 1. The van der Waals surface area contributed by atoms with Gasteiger partial charge in [0.15, 0.2) is 5.16 Å². The van der Waals surface area contributed by atoms with E-state index in [1.54, 1.807) is 6.33 Å². The van der Waals surface area contributed by atoms with E-state index in [1.807, 2.05) is 22.8 Å². The lowest BCUT2D eigenvalue weighted by molar-refractivity contribution is -0.133. The third-order valence-electron chi connectivity index (χ3n) is 3.36. The number of aliphatic carboxylic acids is 1. The maximum Gasteiger partial charge on any atom is 0.313 e. The molecule has 0 atom stereocenters. The minimum atomic E-state index is -0.850. The van der Waals surface area contributed by atoms with E-state index >= 15 is 0 Å².